The molecule has 170 valence electrons. The second-order valence-electron chi connectivity index (χ2n) is 9.08. The maximum Gasteiger partial charge on any atom is 0.383 e. The van der Waals surface area contributed by atoms with E-state index in [1.807, 2.05) is 0 Å². The Morgan fingerprint density at radius 1 is 1.31 bits per heavy atom. The molecule has 0 radical (unpaired) electrons. The lowest BCUT2D eigenvalue weighted by Gasteiger charge is -2.40. The lowest BCUT2D eigenvalue weighted by molar-refractivity contribution is -0.389. The average molecular weight is 480 g/mol. The van der Waals surface area contributed by atoms with E-state index >= 15 is 0 Å². The van der Waals surface area contributed by atoms with Crippen molar-refractivity contribution in [1.82, 2.24) is 19.4 Å². The van der Waals surface area contributed by atoms with Crippen molar-refractivity contribution in [3.63, 3.8) is 0 Å². The van der Waals surface area contributed by atoms with Crippen LogP contribution in [0.5, 0.6) is 0 Å². The van der Waals surface area contributed by atoms with Gasteiger partial charge in [-0.05, 0) is 52.7 Å². The van der Waals surface area contributed by atoms with Crippen molar-refractivity contribution in [2.24, 2.45) is 0 Å². The van der Waals surface area contributed by atoms with E-state index in [2.05, 4.69) is 23.7 Å². The topological polar surface area (TPSA) is 97.3 Å². The second kappa shape index (κ2) is 8.18. The normalized spacial score (nSPS) is 17.7. The van der Waals surface area contributed by atoms with Gasteiger partial charge in [-0.2, -0.15) is 0 Å². The number of halogens is 2. The minimum Gasteiger partial charge on any atom is -0.387 e. The summed E-state index contributed by atoms with van der Waals surface area (Å²) in [6.07, 6.45) is 1.23. The van der Waals surface area contributed by atoms with E-state index in [9.17, 15) is 19.6 Å². The van der Waals surface area contributed by atoms with Crippen LogP contribution < -0.4 is 0 Å². The lowest BCUT2D eigenvalue weighted by atomic mass is 9.84. The van der Waals surface area contributed by atoms with Crippen molar-refractivity contribution in [2.75, 3.05) is 13.1 Å². The summed E-state index contributed by atoms with van der Waals surface area (Å²) in [4.78, 5) is 22.1. The number of benzene rings is 1. The van der Waals surface area contributed by atoms with E-state index in [1.54, 1.807) is 30.4 Å². The summed E-state index contributed by atoms with van der Waals surface area (Å²) in [6.45, 7) is 7.59. The quantitative estimate of drug-likeness (QED) is 0.419. The molecule has 3 heterocycles. The van der Waals surface area contributed by atoms with Crippen molar-refractivity contribution in [3.05, 3.63) is 62.2 Å². The molecule has 11 heteroatoms. The van der Waals surface area contributed by atoms with E-state index in [0.717, 1.165) is 21.1 Å². The first-order valence-corrected chi connectivity index (χ1v) is 11.2. The second-order valence-corrected chi connectivity index (χ2v) is 10.5. The van der Waals surface area contributed by atoms with Gasteiger partial charge in [0.05, 0.1) is 17.8 Å². The Bertz CT molecular complexity index is 1160. The standard InChI is InChI=1S/C21H23ClFN5O3S/c1-20(2)10-26(11-21(3,29)12-27-9-16(28(30)31)24-19(27)22)8-15-17(20)25-18(32-15)13-4-6-14(23)7-5-13/h4-7,9,29H,8,10-12H2,1-3H3/t21-/m0/s1. The van der Waals surface area contributed by atoms with Gasteiger partial charge in [0.2, 0.25) is 0 Å². The fourth-order valence-electron chi connectivity index (χ4n) is 4.19. The van der Waals surface area contributed by atoms with Gasteiger partial charge in [-0.25, -0.2) is 9.37 Å². The number of rotatable bonds is 6. The van der Waals surface area contributed by atoms with E-state index in [4.69, 9.17) is 16.6 Å². The molecular formula is C21H23ClFN5O3S. The highest BCUT2D eigenvalue weighted by Crippen LogP contribution is 2.39. The molecule has 1 N–H and O–H groups in total. The molecule has 0 amide bonds. The molecule has 0 saturated heterocycles. The van der Waals surface area contributed by atoms with Gasteiger partial charge < -0.3 is 15.2 Å². The van der Waals surface area contributed by atoms with Gasteiger partial charge in [-0.3, -0.25) is 9.47 Å². The van der Waals surface area contributed by atoms with Crippen LogP contribution in [0.25, 0.3) is 10.6 Å². The monoisotopic (exact) mass is 479 g/mol. The molecule has 1 aliphatic rings. The minimum atomic E-state index is -1.20. The molecule has 1 atom stereocenters. The highest BCUT2D eigenvalue weighted by atomic mass is 35.5. The molecule has 0 spiro atoms. The fraction of sp³-hybridized carbons (Fsp3) is 0.429. The molecule has 0 bridgehead atoms. The number of β-amino-alcohol motifs (C(OH)–C–C–N with tert-alkyl or cyclic N) is 1. The molecule has 1 aromatic carbocycles. The molecule has 2 aromatic heterocycles. The Morgan fingerprint density at radius 3 is 2.62 bits per heavy atom. The van der Waals surface area contributed by atoms with Crippen molar-refractivity contribution in [1.29, 1.82) is 0 Å². The average Bonchev–Trinajstić information content (AvgIpc) is 3.26. The molecular weight excluding hydrogens is 457 g/mol. The van der Waals surface area contributed by atoms with Crippen LogP contribution in [0.1, 0.15) is 31.3 Å². The number of nitro groups is 1. The maximum atomic E-state index is 13.3. The maximum absolute atomic E-state index is 13.3. The summed E-state index contributed by atoms with van der Waals surface area (Å²) in [6, 6.07) is 6.30. The molecule has 32 heavy (non-hydrogen) atoms. The van der Waals surface area contributed by atoms with Crippen LogP contribution in [0.15, 0.2) is 30.5 Å². The smallest absolute Gasteiger partial charge is 0.383 e. The van der Waals surface area contributed by atoms with Crippen LogP contribution >= 0.6 is 22.9 Å². The Kier molecular flexibility index (Phi) is 5.83. The van der Waals surface area contributed by atoms with Crippen LogP contribution in [0.2, 0.25) is 5.28 Å². The Hall–Kier alpha value is -2.40. The lowest BCUT2D eigenvalue weighted by Crippen LogP contribution is -2.49. The largest absolute Gasteiger partial charge is 0.387 e. The predicted octanol–water partition coefficient (Wildman–Crippen LogP) is 4.25. The molecule has 0 saturated carbocycles. The summed E-state index contributed by atoms with van der Waals surface area (Å²) >= 11 is 7.58. The molecule has 4 rings (SSSR count). The Morgan fingerprint density at radius 2 is 2.00 bits per heavy atom. The van der Waals surface area contributed by atoms with Crippen LogP contribution in [-0.2, 0) is 18.5 Å². The highest BCUT2D eigenvalue weighted by Gasteiger charge is 2.38. The van der Waals surface area contributed by atoms with Crippen LogP contribution in [0.3, 0.4) is 0 Å². The SMILES string of the molecule is CC1(C)CN(C[C@](C)(O)Cn2cc([N+](=O)[O-])nc2Cl)Cc2sc(-c3ccc(F)cc3)nc21. The van der Waals surface area contributed by atoms with Crippen molar-refractivity contribution >= 4 is 28.8 Å². The fourth-order valence-corrected chi connectivity index (χ4v) is 5.67. The Labute approximate surface area is 193 Å². The number of thiazole rings is 1. The number of imidazole rings is 1. The first-order valence-electron chi connectivity index (χ1n) is 10.0. The molecule has 0 fully saturated rings. The number of hydrogen-bond acceptors (Lipinski definition) is 7. The number of aliphatic hydroxyl groups is 1. The zero-order chi connectivity index (χ0) is 23.3. The Balaban J connectivity index is 1.53. The molecule has 3 aromatic rings. The zero-order valence-electron chi connectivity index (χ0n) is 17.9. The van der Waals surface area contributed by atoms with E-state index in [1.165, 1.54) is 22.9 Å². The van der Waals surface area contributed by atoms with Gasteiger partial charge in [0.15, 0.2) is 0 Å². The summed E-state index contributed by atoms with van der Waals surface area (Å²) in [5, 5.41) is 22.8. The molecule has 0 unspecified atom stereocenters. The van der Waals surface area contributed by atoms with Gasteiger partial charge in [0.25, 0.3) is 0 Å². The van der Waals surface area contributed by atoms with Gasteiger partial charge in [0, 0.05) is 35.5 Å². The van der Waals surface area contributed by atoms with Crippen LogP contribution in [0, 0.1) is 15.9 Å². The van der Waals surface area contributed by atoms with Gasteiger partial charge in [-0.1, -0.05) is 13.8 Å². The zero-order valence-corrected chi connectivity index (χ0v) is 19.5. The number of hydrogen-bond donors (Lipinski definition) is 1. The van der Waals surface area contributed by atoms with E-state index in [-0.39, 0.29) is 28.9 Å². The number of fused-ring (bicyclic) bond motifs is 1. The summed E-state index contributed by atoms with van der Waals surface area (Å²) in [5.74, 6) is -0.639. The molecule has 0 aliphatic carbocycles. The number of nitrogens with zero attached hydrogens (tertiary/aromatic N) is 5. The third-order valence-electron chi connectivity index (χ3n) is 5.39. The predicted molar refractivity (Wildman–Crippen MR) is 120 cm³/mol. The van der Waals surface area contributed by atoms with Crippen molar-refractivity contribution in [2.45, 2.75) is 44.9 Å². The van der Waals surface area contributed by atoms with Crippen molar-refractivity contribution < 1.29 is 14.4 Å². The van der Waals surface area contributed by atoms with Crippen molar-refractivity contribution in [3.8, 4) is 10.6 Å². The van der Waals surface area contributed by atoms with Crippen LogP contribution in [-0.4, -0.2) is 48.2 Å². The van der Waals surface area contributed by atoms with Gasteiger partial charge in [-0.15, -0.1) is 11.3 Å². The first-order chi connectivity index (χ1) is 14.9. The van der Waals surface area contributed by atoms with Gasteiger partial charge in [0.1, 0.15) is 17.0 Å². The molecule has 1 aliphatic heterocycles. The van der Waals surface area contributed by atoms with Crippen LogP contribution in [0.4, 0.5) is 10.2 Å². The first kappa shape index (κ1) is 22.8. The van der Waals surface area contributed by atoms with E-state index in [0.29, 0.717) is 19.6 Å². The number of aromatic nitrogens is 3. The molecule has 8 nitrogen and oxygen atoms in total. The van der Waals surface area contributed by atoms with Gasteiger partial charge >= 0.3 is 11.1 Å². The minimum absolute atomic E-state index is 0.0374. The van der Waals surface area contributed by atoms with E-state index < -0.39 is 10.5 Å². The third-order valence-corrected chi connectivity index (χ3v) is 6.78. The highest BCUT2D eigenvalue weighted by molar-refractivity contribution is 7.15. The summed E-state index contributed by atoms with van der Waals surface area (Å²) in [7, 11) is 0. The summed E-state index contributed by atoms with van der Waals surface area (Å²) < 4.78 is 14.7. The summed E-state index contributed by atoms with van der Waals surface area (Å²) in [5.41, 5.74) is 0.447. The third kappa shape index (κ3) is 4.68.